The van der Waals surface area contributed by atoms with Crippen LogP contribution in [-0.2, 0) is 6.54 Å². The molecule has 2 atom stereocenters. The van der Waals surface area contributed by atoms with E-state index in [1.54, 1.807) is 6.20 Å². The van der Waals surface area contributed by atoms with Crippen LogP contribution < -0.4 is 16.0 Å². The predicted molar refractivity (Wildman–Crippen MR) is 151 cm³/mol. The molecule has 10 nitrogen and oxygen atoms in total. The minimum Gasteiger partial charge on any atom is -0.391 e. The van der Waals surface area contributed by atoms with Gasteiger partial charge in [0.2, 0.25) is 0 Å². The number of aliphatic hydroxyl groups excluding tert-OH is 1. The zero-order valence-corrected chi connectivity index (χ0v) is 22.3. The van der Waals surface area contributed by atoms with Gasteiger partial charge in [-0.3, -0.25) is 4.79 Å². The Bertz CT molecular complexity index is 1440. The number of amides is 1. The molecule has 10 heteroatoms. The summed E-state index contributed by atoms with van der Waals surface area (Å²) in [6.45, 7) is 3.59. The maximum Gasteiger partial charge on any atom is 0.251 e. The number of hydrogen-bond donors (Lipinski definition) is 4. The highest BCUT2D eigenvalue weighted by Gasteiger charge is 2.25. The van der Waals surface area contributed by atoms with Gasteiger partial charge < -0.3 is 25.6 Å². The van der Waals surface area contributed by atoms with E-state index < -0.39 is 0 Å². The molecule has 3 aromatic heterocycles. The van der Waals surface area contributed by atoms with Crippen LogP contribution in [0.4, 0.5) is 11.6 Å². The molecule has 2 saturated carbocycles. The molecular weight excluding hydrogens is 492 g/mol. The first-order chi connectivity index (χ1) is 19.0. The average molecular weight is 529 g/mol. The Labute approximate surface area is 227 Å². The lowest BCUT2D eigenvalue weighted by atomic mass is 9.92. The number of carbonyl (C=O) groups is 1. The quantitative estimate of drug-likeness (QED) is 0.230. The highest BCUT2D eigenvalue weighted by atomic mass is 16.3. The van der Waals surface area contributed by atoms with E-state index in [4.69, 9.17) is 4.98 Å². The van der Waals surface area contributed by atoms with E-state index >= 15 is 0 Å². The standard InChI is InChI=1S/C29H36N8O2/c1-19-15-20(7-10-22(19)29(39)33-21-8-9-21)23-17-32-37-27(31-11-4-13-36-14-12-30-18-36)16-26(35-28(23)37)34-24-5-2-3-6-25(24)38/h7,10,12,14-18,21,24-25,31,38H,2-6,8-9,11,13H2,1H3,(H,33,39)(H,34,35)/t24-,25+/m0/s1. The van der Waals surface area contributed by atoms with Gasteiger partial charge >= 0.3 is 0 Å². The maximum atomic E-state index is 12.6. The molecule has 2 aliphatic carbocycles. The molecule has 204 valence electrons. The number of hydrogen-bond acceptors (Lipinski definition) is 7. The minimum absolute atomic E-state index is 0.0146. The molecule has 0 aliphatic heterocycles. The van der Waals surface area contributed by atoms with Crippen molar-refractivity contribution in [1.82, 2.24) is 29.5 Å². The third-order valence-electron chi connectivity index (χ3n) is 7.69. The van der Waals surface area contributed by atoms with Crippen LogP contribution >= 0.6 is 0 Å². The summed E-state index contributed by atoms with van der Waals surface area (Å²) in [6, 6.07) is 8.15. The smallest absolute Gasteiger partial charge is 0.251 e. The molecule has 0 unspecified atom stereocenters. The summed E-state index contributed by atoms with van der Waals surface area (Å²) in [7, 11) is 0. The van der Waals surface area contributed by atoms with E-state index in [-0.39, 0.29) is 18.1 Å². The summed E-state index contributed by atoms with van der Waals surface area (Å²) in [5.74, 6) is 1.53. The van der Waals surface area contributed by atoms with Gasteiger partial charge in [0.1, 0.15) is 11.6 Å². The van der Waals surface area contributed by atoms with Crippen molar-refractivity contribution in [3.63, 3.8) is 0 Å². The Balaban J connectivity index is 1.29. The molecule has 0 radical (unpaired) electrons. The fourth-order valence-corrected chi connectivity index (χ4v) is 5.31. The lowest BCUT2D eigenvalue weighted by Crippen LogP contribution is -2.36. The zero-order chi connectivity index (χ0) is 26.8. The second-order valence-corrected chi connectivity index (χ2v) is 10.8. The Morgan fingerprint density at radius 2 is 2.03 bits per heavy atom. The molecule has 4 aromatic rings. The summed E-state index contributed by atoms with van der Waals surface area (Å²) in [6.07, 6.45) is 13.9. The molecule has 3 heterocycles. The van der Waals surface area contributed by atoms with Gasteiger partial charge in [-0.2, -0.15) is 9.61 Å². The maximum absolute atomic E-state index is 12.6. The lowest BCUT2D eigenvalue weighted by Gasteiger charge is -2.29. The molecular formula is C29H36N8O2. The summed E-state index contributed by atoms with van der Waals surface area (Å²) >= 11 is 0. The molecule has 1 aromatic carbocycles. The first-order valence-electron chi connectivity index (χ1n) is 14.0. The second kappa shape index (κ2) is 11.1. The number of fused-ring (bicyclic) bond motifs is 1. The van der Waals surface area contributed by atoms with Gasteiger partial charge in [-0.1, -0.05) is 25.0 Å². The van der Waals surface area contributed by atoms with Crippen molar-refractivity contribution < 1.29 is 9.90 Å². The minimum atomic E-state index is -0.385. The normalized spacial score (nSPS) is 19.2. The Kier molecular flexibility index (Phi) is 7.19. The topological polar surface area (TPSA) is 121 Å². The summed E-state index contributed by atoms with van der Waals surface area (Å²) in [5.41, 5.74) is 4.18. The molecule has 1 amide bonds. The number of aryl methyl sites for hydroxylation is 2. The van der Waals surface area contributed by atoms with Crippen LogP contribution in [0.2, 0.25) is 0 Å². The van der Waals surface area contributed by atoms with E-state index in [9.17, 15) is 9.90 Å². The SMILES string of the molecule is Cc1cc(-c2cnn3c(NCCCn4ccnc4)cc(N[C@H]4CCCC[C@H]4O)nc23)ccc1C(=O)NC1CC1. The van der Waals surface area contributed by atoms with E-state index in [0.29, 0.717) is 17.4 Å². The van der Waals surface area contributed by atoms with Crippen LogP contribution in [-0.4, -0.2) is 59.9 Å². The molecule has 2 aliphatic rings. The largest absolute Gasteiger partial charge is 0.391 e. The van der Waals surface area contributed by atoms with E-state index in [1.165, 1.54) is 0 Å². The van der Waals surface area contributed by atoms with Gasteiger partial charge in [-0.05, 0) is 56.2 Å². The molecule has 4 N–H and O–H groups in total. The Morgan fingerprint density at radius 3 is 2.79 bits per heavy atom. The van der Waals surface area contributed by atoms with Crippen LogP contribution in [0.25, 0.3) is 16.8 Å². The third-order valence-corrected chi connectivity index (χ3v) is 7.69. The average Bonchev–Trinajstić information content (AvgIpc) is 3.40. The molecule has 0 saturated heterocycles. The van der Waals surface area contributed by atoms with Crippen LogP contribution in [0.1, 0.15) is 60.9 Å². The Morgan fingerprint density at radius 1 is 1.15 bits per heavy atom. The van der Waals surface area contributed by atoms with Gasteiger partial charge in [-0.25, -0.2) is 9.97 Å². The first-order valence-corrected chi connectivity index (χ1v) is 14.0. The van der Waals surface area contributed by atoms with Gasteiger partial charge in [0.25, 0.3) is 5.91 Å². The second-order valence-electron chi connectivity index (χ2n) is 10.8. The van der Waals surface area contributed by atoms with Crippen LogP contribution in [0, 0.1) is 6.92 Å². The van der Waals surface area contributed by atoms with Gasteiger partial charge in [0, 0.05) is 48.7 Å². The highest BCUT2D eigenvalue weighted by molar-refractivity contribution is 5.97. The number of nitrogens with one attached hydrogen (secondary N) is 3. The summed E-state index contributed by atoms with van der Waals surface area (Å²) < 4.78 is 3.89. The van der Waals surface area contributed by atoms with E-state index in [2.05, 4.69) is 30.6 Å². The van der Waals surface area contributed by atoms with Crippen molar-refractivity contribution >= 4 is 23.2 Å². The number of nitrogens with zero attached hydrogens (tertiary/aromatic N) is 5. The fourth-order valence-electron chi connectivity index (χ4n) is 5.31. The van der Waals surface area contributed by atoms with Crippen LogP contribution in [0.5, 0.6) is 0 Å². The van der Waals surface area contributed by atoms with Crippen molar-refractivity contribution in [2.24, 2.45) is 0 Å². The summed E-state index contributed by atoms with van der Waals surface area (Å²) in [5, 5.41) is 25.4. The summed E-state index contributed by atoms with van der Waals surface area (Å²) in [4.78, 5) is 21.7. The first kappa shape index (κ1) is 25.4. The third kappa shape index (κ3) is 5.75. The van der Waals surface area contributed by atoms with Crippen molar-refractivity contribution in [3.8, 4) is 11.1 Å². The number of aliphatic hydroxyl groups is 1. The van der Waals surface area contributed by atoms with Crippen molar-refractivity contribution in [3.05, 3.63) is 60.3 Å². The van der Waals surface area contributed by atoms with E-state index in [0.717, 1.165) is 86.2 Å². The van der Waals surface area contributed by atoms with Crippen LogP contribution in [0.15, 0.2) is 49.2 Å². The highest BCUT2D eigenvalue weighted by Crippen LogP contribution is 2.30. The van der Waals surface area contributed by atoms with Gasteiger partial charge in [-0.15, -0.1) is 0 Å². The molecule has 6 rings (SSSR count). The van der Waals surface area contributed by atoms with Gasteiger partial charge in [0.05, 0.1) is 24.7 Å². The van der Waals surface area contributed by atoms with Crippen LogP contribution in [0.3, 0.4) is 0 Å². The number of rotatable bonds is 10. The number of anilines is 2. The zero-order valence-electron chi connectivity index (χ0n) is 22.3. The number of carbonyl (C=O) groups excluding carboxylic acids is 1. The number of benzene rings is 1. The Hall–Kier alpha value is -3.92. The van der Waals surface area contributed by atoms with Crippen molar-refractivity contribution in [2.45, 2.75) is 76.6 Å². The molecule has 2 fully saturated rings. The predicted octanol–water partition coefficient (Wildman–Crippen LogP) is 4.01. The molecule has 0 bridgehead atoms. The van der Waals surface area contributed by atoms with Gasteiger partial charge in [0.15, 0.2) is 5.65 Å². The lowest BCUT2D eigenvalue weighted by molar-refractivity contribution is 0.0950. The number of aromatic nitrogens is 5. The van der Waals surface area contributed by atoms with Crippen molar-refractivity contribution in [1.29, 1.82) is 0 Å². The fraction of sp³-hybridized carbons (Fsp3) is 0.448. The monoisotopic (exact) mass is 528 g/mol. The molecule has 39 heavy (non-hydrogen) atoms. The molecule has 0 spiro atoms. The van der Waals surface area contributed by atoms with E-state index in [1.807, 2.05) is 54.4 Å². The number of imidazole rings is 1. The van der Waals surface area contributed by atoms with Crippen molar-refractivity contribution in [2.75, 3.05) is 17.2 Å².